The molecule has 2 N–H and O–H groups in total. The summed E-state index contributed by atoms with van der Waals surface area (Å²) in [5.41, 5.74) is 0.465. The molecular formula is C20H29N5O3. The third-order valence-electron chi connectivity index (χ3n) is 5.93. The molecule has 1 aromatic rings. The summed E-state index contributed by atoms with van der Waals surface area (Å²) in [6.07, 6.45) is 10.2. The van der Waals surface area contributed by atoms with E-state index >= 15 is 0 Å². The Morgan fingerprint density at radius 3 is 2.36 bits per heavy atom. The lowest BCUT2D eigenvalue weighted by molar-refractivity contribution is -0.126. The molecule has 8 nitrogen and oxygen atoms in total. The van der Waals surface area contributed by atoms with Crippen molar-refractivity contribution in [3.63, 3.8) is 0 Å². The minimum absolute atomic E-state index is 0.00859. The maximum atomic E-state index is 12.7. The molecule has 2 atom stereocenters. The van der Waals surface area contributed by atoms with Gasteiger partial charge in [0.2, 0.25) is 5.91 Å². The second kappa shape index (κ2) is 8.96. The largest absolute Gasteiger partial charge is 0.381 e. The van der Waals surface area contributed by atoms with E-state index in [4.69, 9.17) is 4.74 Å². The van der Waals surface area contributed by atoms with Crippen molar-refractivity contribution in [1.82, 2.24) is 25.5 Å². The average Bonchev–Trinajstić information content (AvgIpc) is 3.56. The first-order chi connectivity index (χ1) is 13.7. The smallest absolute Gasteiger partial charge is 0.254 e. The van der Waals surface area contributed by atoms with E-state index in [9.17, 15) is 9.59 Å². The third-order valence-corrected chi connectivity index (χ3v) is 5.93. The van der Waals surface area contributed by atoms with Gasteiger partial charge in [-0.05, 0) is 38.5 Å². The fourth-order valence-corrected chi connectivity index (χ4v) is 4.14. The van der Waals surface area contributed by atoms with E-state index in [1.165, 1.54) is 18.7 Å². The molecule has 28 heavy (non-hydrogen) atoms. The molecule has 4 rings (SSSR count). The maximum absolute atomic E-state index is 12.7. The fraction of sp³-hybridized carbons (Fsp3) is 0.700. The number of amides is 2. The summed E-state index contributed by atoms with van der Waals surface area (Å²) in [7, 11) is 0. The van der Waals surface area contributed by atoms with Gasteiger partial charge in [-0.15, -0.1) is 0 Å². The summed E-state index contributed by atoms with van der Waals surface area (Å²) in [5.74, 6) is -0.00758. The van der Waals surface area contributed by atoms with E-state index in [1.54, 1.807) is 0 Å². The molecule has 3 aliphatic rings. The Labute approximate surface area is 165 Å². The SMILES string of the molecule is O=C(N[C@H]1CC[C@@H](C(=O)NC2CC2)CN(C2CCOCC2)C1)c1cncnc1. The van der Waals surface area contributed by atoms with Crippen molar-refractivity contribution in [3.8, 4) is 0 Å². The molecule has 8 heteroatoms. The number of nitrogens with one attached hydrogen (secondary N) is 2. The Kier molecular flexibility index (Phi) is 6.17. The van der Waals surface area contributed by atoms with Crippen molar-refractivity contribution in [2.75, 3.05) is 26.3 Å². The molecule has 2 aliphatic heterocycles. The lowest BCUT2D eigenvalue weighted by Gasteiger charge is -2.36. The van der Waals surface area contributed by atoms with Crippen molar-refractivity contribution < 1.29 is 14.3 Å². The van der Waals surface area contributed by atoms with Crippen molar-refractivity contribution in [2.45, 2.75) is 56.7 Å². The van der Waals surface area contributed by atoms with Crippen LogP contribution < -0.4 is 10.6 Å². The minimum atomic E-state index is -0.154. The van der Waals surface area contributed by atoms with Gasteiger partial charge in [0.25, 0.3) is 5.91 Å². The van der Waals surface area contributed by atoms with Crippen LogP contribution in [0.3, 0.4) is 0 Å². The maximum Gasteiger partial charge on any atom is 0.254 e. The second-order valence-electron chi connectivity index (χ2n) is 8.15. The highest BCUT2D eigenvalue weighted by Gasteiger charge is 2.35. The minimum Gasteiger partial charge on any atom is -0.381 e. The summed E-state index contributed by atoms with van der Waals surface area (Å²) in [6, 6.07) is 0.790. The molecule has 1 saturated carbocycles. The Bertz CT molecular complexity index is 676. The molecule has 0 unspecified atom stereocenters. The highest BCUT2D eigenvalue weighted by molar-refractivity contribution is 5.93. The van der Waals surface area contributed by atoms with E-state index in [0.29, 0.717) is 17.6 Å². The lowest BCUT2D eigenvalue weighted by Crippen LogP contribution is -2.49. The monoisotopic (exact) mass is 387 g/mol. The Hall–Kier alpha value is -2.06. The zero-order valence-corrected chi connectivity index (χ0v) is 16.2. The van der Waals surface area contributed by atoms with Crippen LogP contribution in [0.2, 0.25) is 0 Å². The first kappa shape index (κ1) is 19.3. The molecule has 2 saturated heterocycles. The Morgan fingerprint density at radius 1 is 0.929 bits per heavy atom. The summed E-state index contributed by atoms with van der Waals surface area (Å²) in [4.78, 5) is 35.5. The normalized spacial score (nSPS) is 27.0. The lowest BCUT2D eigenvalue weighted by atomic mass is 10.00. The van der Waals surface area contributed by atoms with Gasteiger partial charge in [0.05, 0.1) is 11.5 Å². The van der Waals surface area contributed by atoms with Crippen LogP contribution in [0.1, 0.15) is 48.9 Å². The molecule has 1 aliphatic carbocycles. The van der Waals surface area contributed by atoms with Crippen LogP contribution in [-0.2, 0) is 9.53 Å². The summed E-state index contributed by atoms with van der Waals surface area (Å²) >= 11 is 0. The van der Waals surface area contributed by atoms with Crippen LogP contribution in [0.15, 0.2) is 18.7 Å². The van der Waals surface area contributed by atoms with E-state index in [0.717, 1.165) is 64.8 Å². The predicted octanol–water partition coefficient (Wildman–Crippen LogP) is 0.745. The third kappa shape index (κ3) is 5.05. The number of aromatic nitrogens is 2. The van der Waals surface area contributed by atoms with Gasteiger partial charge < -0.3 is 15.4 Å². The van der Waals surface area contributed by atoms with Gasteiger partial charge in [-0.3, -0.25) is 14.5 Å². The fourth-order valence-electron chi connectivity index (χ4n) is 4.14. The highest BCUT2D eigenvalue weighted by atomic mass is 16.5. The molecule has 2 amide bonds. The zero-order valence-electron chi connectivity index (χ0n) is 16.2. The summed E-state index contributed by atoms with van der Waals surface area (Å²) < 4.78 is 5.52. The van der Waals surface area contributed by atoms with Crippen LogP contribution in [0.4, 0.5) is 0 Å². The van der Waals surface area contributed by atoms with Gasteiger partial charge in [-0.2, -0.15) is 0 Å². The second-order valence-corrected chi connectivity index (χ2v) is 8.15. The number of carbonyl (C=O) groups is 2. The molecule has 3 fully saturated rings. The predicted molar refractivity (Wildman–Crippen MR) is 103 cm³/mol. The molecular weight excluding hydrogens is 358 g/mol. The van der Waals surface area contributed by atoms with Crippen LogP contribution in [0.25, 0.3) is 0 Å². The van der Waals surface area contributed by atoms with Crippen LogP contribution in [0, 0.1) is 5.92 Å². The molecule has 0 aromatic carbocycles. The molecule has 0 bridgehead atoms. The van der Waals surface area contributed by atoms with Crippen molar-refractivity contribution in [1.29, 1.82) is 0 Å². The zero-order chi connectivity index (χ0) is 19.3. The van der Waals surface area contributed by atoms with Crippen LogP contribution in [-0.4, -0.2) is 71.1 Å². The van der Waals surface area contributed by atoms with Crippen LogP contribution in [0.5, 0.6) is 0 Å². The summed E-state index contributed by atoms with van der Waals surface area (Å²) in [5, 5.41) is 6.30. The first-order valence-electron chi connectivity index (χ1n) is 10.4. The Balaban J connectivity index is 1.43. The van der Waals surface area contributed by atoms with Crippen LogP contribution >= 0.6 is 0 Å². The number of ether oxygens (including phenoxy) is 1. The number of nitrogens with zero attached hydrogens (tertiary/aromatic N) is 3. The van der Waals surface area contributed by atoms with Crippen molar-refractivity contribution in [2.24, 2.45) is 5.92 Å². The van der Waals surface area contributed by atoms with Gasteiger partial charge in [0.1, 0.15) is 6.33 Å². The molecule has 3 heterocycles. The number of hydrogen-bond donors (Lipinski definition) is 2. The number of carbonyl (C=O) groups excluding carboxylic acids is 2. The molecule has 1 aromatic heterocycles. The first-order valence-corrected chi connectivity index (χ1v) is 10.4. The summed E-state index contributed by atoms with van der Waals surface area (Å²) in [6.45, 7) is 3.04. The quantitative estimate of drug-likeness (QED) is 0.774. The van der Waals surface area contributed by atoms with Crippen molar-refractivity contribution in [3.05, 3.63) is 24.3 Å². The topological polar surface area (TPSA) is 96.5 Å². The standard InChI is InChI=1S/C20H29N5O3/c26-19(23-16-3-4-16)14-1-2-17(24-20(27)15-9-21-13-22-10-15)12-25(11-14)18-5-7-28-8-6-18/h9-10,13-14,16-18H,1-8,11-12H2,(H,23,26)(H,24,27)/t14-,17+/m1/s1. The van der Waals surface area contributed by atoms with Crippen molar-refractivity contribution >= 4 is 11.8 Å². The molecule has 0 spiro atoms. The van der Waals surface area contributed by atoms with Gasteiger partial charge in [0.15, 0.2) is 0 Å². The van der Waals surface area contributed by atoms with Gasteiger partial charge in [0, 0.05) is 56.8 Å². The molecule has 0 radical (unpaired) electrons. The van der Waals surface area contributed by atoms with Gasteiger partial charge in [-0.25, -0.2) is 9.97 Å². The van der Waals surface area contributed by atoms with E-state index in [1.807, 2.05) is 0 Å². The van der Waals surface area contributed by atoms with E-state index in [-0.39, 0.29) is 23.8 Å². The number of likely N-dealkylation sites (tertiary alicyclic amines) is 1. The number of rotatable bonds is 5. The Morgan fingerprint density at radius 2 is 1.64 bits per heavy atom. The van der Waals surface area contributed by atoms with E-state index < -0.39 is 0 Å². The van der Waals surface area contributed by atoms with Gasteiger partial charge >= 0.3 is 0 Å². The van der Waals surface area contributed by atoms with E-state index in [2.05, 4.69) is 25.5 Å². The number of hydrogen-bond acceptors (Lipinski definition) is 6. The van der Waals surface area contributed by atoms with Gasteiger partial charge in [-0.1, -0.05) is 0 Å². The highest BCUT2D eigenvalue weighted by Crippen LogP contribution is 2.25. The molecule has 152 valence electrons. The average molecular weight is 387 g/mol.